The number of hydrogen-bond donors (Lipinski definition) is 1. The molecule has 0 heterocycles. The van der Waals surface area contributed by atoms with Gasteiger partial charge in [-0.1, -0.05) is 52.0 Å². The maximum Gasteiger partial charge on any atom is -0.00177 e. The van der Waals surface area contributed by atoms with Gasteiger partial charge in [-0.2, -0.15) is 0 Å². The molecule has 1 nitrogen and oxygen atoms in total. The Labute approximate surface area is 131 Å². The summed E-state index contributed by atoms with van der Waals surface area (Å²) in [6, 6.07) is 9.34. The Morgan fingerprint density at radius 2 is 1.95 bits per heavy atom. The molecule has 0 aliphatic heterocycles. The molecule has 1 aliphatic carbocycles. The van der Waals surface area contributed by atoms with E-state index < -0.39 is 0 Å². The summed E-state index contributed by atoms with van der Waals surface area (Å²) < 4.78 is 0. The first-order valence-electron chi connectivity index (χ1n) is 8.69. The number of nitrogens with one attached hydrogen (secondary N) is 1. The van der Waals surface area contributed by atoms with Gasteiger partial charge < -0.3 is 5.32 Å². The molecule has 0 bridgehead atoms. The van der Waals surface area contributed by atoms with Gasteiger partial charge in [0, 0.05) is 0 Å². The molecule has 1 N–H and O–H groups in total. The van der Waals surface area contributed by atoms with Gasteiger partial charge >= 0.3 is 0 Å². The Hall–Kier alpha value is -0.820. The van der Waals surface area contributed by atoms with Gasteiger partial charge in [-0.05, 0) is 73.6 Å². The fraction of sp³-hybridized carbons (Fsp3) is 0.700. The third-order valence-electron chi connectivity index (χ3n) is 5.47. The van der Waals surface area contributed by atoms with Gasteiger partial charge in [0.25, 0.3) is 0 Å². The van der Waals surface area contributed by atoms with Gasteiger partial charge in [-0.15, -0.1) is 0 Å². The largest absolute Gasteiger partial charge is 0.319 e. The highest BCUT2D eigenvalue weighted by Crippen LogP contribution is 2.46. The lowest BCUT2D eigenvalue weighted by Crippen LogP contribution is -2.34. The van der Waals surface area contributed by atoms with E-state index in [0.29, 0.717) is 5.41 Å². The van der Waals surface area contributed by atoms with Crippen molar-refractivity contribution in [2.45, 2.75) is 59.3 Å². The third kappa shape index (κ3) is 4.10. The van der Waals surface area contributed by atoms with E-state index in [-0.39, 0.29) is 0 Å². The van der Waals surface area contributed by atoms with Crippen LogP contribution in [0.5, 0.6) is 0 Å². The summed E-state index contributed by atoms with van der Waals surface area (Å²) in [5.41, 5.74) is 3.49. The summed E-state index contributed by atoms with van der Waals surface area (Å²) in [5, 5.41) is 3.42. The van der Waals surface area contributed by atoms with Crippen LogP contribution in [0.1, 0.15) is 64.0 Å². The van der Waals surface area contributed by atoms with E-state index in [2.05, 4.69) is 64.3 Å². The third-order valence-corrected chi connectivity index (χ3v) is 5.47. The lowest BCUT2D eigenvalue weighted by molar-refractivity contribution is 0.130. The van der Waals surface area contributed by atoms with Crippen LogP contribution >= 0.6 is 0 Å². The van der Waals surface area contributed by atoms with E-state index in [0.717, 1.165) is 30.7 Å². The highest BCUT2D eigenvalue weighted by Gasteiger charge is 2.36. The molecule has 2 rings (SSSR count). The second kappa shape index (κ2) is 6.96. The van der Waals surface area contributed by atoms with Crippen LogP contribution in [0.15, 0.2) is 24.3 Å². The molecule has 1 aliphatic rings. The second-order valence-corrected chi connectivity index (χ2v) is 7.90. The van der Waals surface area contributed by atoms with Crippen molar-refractivity contribution >= 4 is 0 Å². The Bertz CT molecular complexity index is 443. The maximum absolute atomic E-state index is 3.42. The van der Waals surface area contributed by atoms with Gasteiger partial charge in [0.15, 0.2) is 0 Å². The predicted octanol–water partition coefficient (Wildman–Crippen LogP) is 5.01. The standard InChI is InChI=1S/C20H33N/c1-6-15-8-7-9-16(12-15)19-13-18(20(2,3)4)11-10-17(19)14-21-5/h7-9,12,17-19,21H,6,10-11,13-14H2,1-5H3. The number of hydrogen-bond acceptors (Lipinski definition) is 1. The summed E-state index contributed by atoms with van der Waals surface area (Å²) in [5.74, 6) is 2.36. The molecular weight excluding hydrogens is 254 g/mol. The van der Waals surface area contributed by atoms with Crippen molar-refractivity contribution in [3.8, 4) is 0 Å². The zero-order valence-electron chi connectivity index (χ0n) is 14.6. The van der Waals surface area contributed by atoms with Crippen LogP contribution in [0.2, 0.25) is 0 Å². The first-order valence-corrected chi connectivity index (χ1v) is 8.69. The smallest absolute Gasteiger partial charge is 0.00177 e. The quantitative estimate of drug-likeness (QED) is 0.820. The minimum absolute atomic E-state index is 0.436. The zero-order valence-corrected chi connectivity index (χ0v) is 14.6. The summed E-state index contributed by atoms with van der Waals surface area (Å²) in [7, 11) is 2.09. The lowest BCUT2D eigenvalue weighted by atomic mass is 9.64. The highest BCUT2D eigenvalue weighted by atomic mass is 14.8. The fourth-order valence-corrected chi connectivity index (χ4v) is 3.98. The van der Waals surface area contributed by atoms with Crippen LogP contribution in [0.4, 0.5) is 0 Å². The summed E-state index contributed by atoms with van der Waals surface area (Å²) >= 11 is 0. The number of benzene rings is 1. The molecule has 0 saturated heterocycles. The lowest BCUT2D eigenvalue weighted by Gasteiger charge is -2.42. The molecule has 1 fully saturated rings. The molecule has 0 radical (unpaired) electrons. The van der Waals surface area contributed by atoms with E-state index in [1.807, 2.05) is 0 Å². The van der Waals surface area contributed by atoms with Crippen molar-refractivity contribution in [3.05, 3.63) is 35.4 Å². The molecule has 3 atom stereocenters. The van der Waals surface area contributed by atoms with Crippen molar-refractivity contribution in [2.24, 2.45) is 17.3 Å². The first kappa shape index (κ1) is 16.5. The van der Waals surface area contributed by atoms with Crippen molar-refractivity contribution in [1.82, 2.24) is 5.32 Å². The SMILES string of the molecule is CCc1cccc(C2CC(C(C)(C)C)CCC2CNC)c1. The van der Waals surface area contributed by atoms with Crippen molar-refractivity contribution in [3.63, 3.8) is 0 Å². The average Bonchev–Trinajstić information content (AvgIpc) is 2.47. The molecule has 0 spiro atoms. The molecule has 0 amide bonds. The van der Waals surface area contributed by atoms with Crippen LogP contribution < -0.4 is 5.32 Å². The number of rotatable bonds is 4. The predicted molar refractivity (Wildman–Crippen MR) is 92.8 cm³/mol. The van der Waals surface area contributed by atoms with Crippen LogP contribution in [0.3, 0.4) is 0 Å². The van der Waals surface area contributed by atoms with Crippen LogP contribution in [-0.2, 0) is 6.42 Å². The van der Waals surface area contributed by atoms with Gasteiger partial charge in [0.1, 0.15) is 0 Å². The summed E-state index contributed by atoms with van der Waals surface area (Å²) in [6.07, 6.45) is 5.24. The van der Waals surface area contributed by atoms with Crippen LogP contribution in [-0.4, -0.2) is 13.6 Å². The Kier molecular flexibility index (Phi) is 5.48. The summed E-state index contributed by atoms with van der Waals surface area (Å²) in [6.45, 7) is 10.6. The molecule has 0 aromatic heterocycles. The Morgan fingerprint density at radius 1 is 1.19 bits per heavy atom. The summed E-state index contributed by atoms with van der Waals surface area (Å²) in [4.78, 5) is 0. The van der Waals surface area contributed by atoms with Gasteiger partial charge in [0.05, 0.1) is 0 Å². The molecule has 21 heavy (non-hydrogen) atoms. The van der Waals surface area contributed by atoms with Gasteiger partial charge in [-0.25, -0.2) is 0 Å². The van der Waals surface area contributed by atoms with E-state index in [9.17, 15) is 0 Å². The Morgan fingerprint density at radius 3 is 2.57 bits per heavy atom. The monoisotopic (exact) mass is 287 g/mol. The molecule has 118 valence electrons. The van der Waals surface area contributed by atoms with E-state index in [1.165, 1.54) is 24.8 Å². The maximum atomic E-state index is 3.42. The second-order valence-electron chi connectivity index (χ2n) is 7.90. The fourth-order valence-electron chi connectivity index (χ4n) is 3.98. The van der Waals surface area contributed by atoms with E-state index in [1.54, 1.807) is 5.56 Å². The molecule has 3 unspecified atom stereocenters. The zero-order chi connectivity index (χ0) is 15.5. The van der Waals surface area contributed by atoms with Crippen molar-refractivity contribution in [2.75, 3.05) is 13.6 Å². The highest BCUT2D eigenvalue weighted by molar-refractivity contribution is 5.27. The Balaban J connectivity index is 2.24. The molecule has 1 aromatic carbocycles. The van der Waals surface area contributed by atoms with Gasteiger partial charge in [-0.3, -0.25) is 0 Å². The van der Waals surface area contributed by atoms with Crippen LogP contribution in [0, 0.1) is 17.3 Å². The average molecular weight is 287 g/mol. The minimum atomic E-state index is 0.436. The van der Waals surface area contributed by atoms with Crippen molar-refractivity contribution in [1.29, 1.82) is 0 Å². The van der Waals surface area contributed by atoms with Crippen molar-refractivity contribution < 1.29 is 0 Å². The molecule has 1 aromatic rings. The molecule has 1 heteroatoms. The molecular formula is C20H33N. The topological polar surface area (TPSA) is 12.0 Å². The van der Waals surface area contributed by atoms with Gasteiger partial charge in [0.2, 0.25) is 0 Å². The van der Waals surface area contributed by atoms with E-state index >= 15 is 0 Å². The van der Waals surface area contributed by atoms with Crippen LogP contribution in [0.25, 0.3) is 0 Å². The first-order chi connectivity index (χ1) is 9.95. The molecule has 1 saturated carbocycles. The normalized spacial score (nSPS) is 26.8. The minimum Gasteiger partial charge on any atom is -0.319 e. The number of aryl methyl sites for hydroxylation is 1. The van der Waals surface area contributed by atoms with E-state index in [4.69, 9.17) is 0 Å².